The molecule has 2 amide bonds. The molecule has 0 saturated carbocycles. The van der Waals surface area contributed by atoms with Crippen molar-refractivity contribution in [1.82, 2.24) is 0 Å². The molecule has 0 unspecified atom stereocenters. The summed E-state index contributed by atoms with van der Waals surface area (Å²) in [6, 6.07) is 19.5. The van der Waals surface area contributed by atoms with Crippen LogP contribution in [0, 0.1) is 6.92 Å². The van der Waals surface area contributed by atoms with E-state index in [4.69, 9.17) is 4.74 Å². The number of nitrogens with one attached hydrogen (secondary N) is 2. The number of ether oxygens (including phenoxy) is 1. The molecule has 172 valence electrons. The van der Waals surface area contributed by atoms with Gasteiger partial charge in [-0.05, 0) is 67.1 Å². The minimum Gasteiger partial charge on any atom is -0.496 e. The van der Waals surface area contributed by atoms with E-state index in [1.54, 1.807) is 67.6 Å². The lowest BCUT2D eigenvalue weighted by atomic mass is 10.2. The number of methoxy groups -OCH3 is 1. The smallest absolute Gasteiger partial charge is 0.264 e. The first-order chi connectivity index (χ1) is 15.7. The molecule has 9 heteroatoms. The van der Waals surface area contributed by atoms with Crippen LogP contribution < -0.4 is 19.7 Å². The molecule has 3 aromatic carbocycles. The number of anilines is 3. The van der Waals surface area contributed by atoms with Crippen molar-refractivity contribution in [2.45, 2.75) is 18.7 Å². The summed E-state index contributed by atoms with van der Waals surface area (Å²) in [5, 5.41) is 5.34. The van der Waals surface area contributed by atoms with Crippen molar-refractivity contribution in [3.63, 3.8) is 0 Å². The Morgan fingerprint density at radius 1 is 0.909 bits per heavy atom. The van der Waals surface area contributed by atoms with Gasteiger partial charge in [-0.3, -0.25) is 13.9 Å². The highest BCUT2D eigenvalue weighted by atomic mass is 32.2. The number of aryl methyl sites for hydroxylation is 1. The maximum absolute atomic E-state index is 13.5. The second-order valence-corrected chi connectivity index (χ2v) is 9.15. The van der Waals surface area contributed by atoms with Crippen LogP contribution in [-0.4, -0.2) is 33.9 Å². The Bertz CT molecular complexity index is 1240. The van der Waals surface area contributed by atoms with Gasteiger partial charge in [0.25, 0.3) is 10.0 Å². The lowest BCUT2D eigenvalue weighted by Gasteiger charge is -2.24. The van der Waals surface area contributed by atoms with Crippen LogP contribution in [0.25, 0.3) is 0 Å². The third-order valence-electron chi connectivity index (χ3n) is 4.77. The maximum Gasteiger partial charge on any atom is 0.264 e. The van der Waals surface area contributed by atoms with Gasteiger partial charge in [0.05, 0.1) is 17.7 Å². The number of benzene rings is 3. The maximum atomic E-state index is 13.5. The number of nitrogens with zero attached hydrogens (tertiary/aromatic N) is 1. The standard InChI is InChI=1S/C24H25N3O5S/c1-17-15-22(13-14-23(17)32-3)33(30,31)27(21-7-5-4-6-8-21)16-24(29)26-20-11-9-19(10-12-20)25-18(2)28/h4-15H,16H2,1-3H3,(H,25,28)(H,26,29). The van der Waals surface area contributed by atoms with Crippen molar-refractivity contribution in [3.8, 4) is 5.75 Å². The fourth-order valence-electron chi connectivity index (χ4n) is 3.22. The Hall–Kier alpha value is -3.85. The third-order valence-corrected chi connectivity index (χ3v) is 6.54. The van der Waals surface area contributed by atoms with Gasteiger partial charge >= 0.3 is 0 Å². The highest BCUT2D eigenvalue weighted by Crippen LogP contribution is 2.27. The molecule has 33 heavy (non-hydrogen) atoms. The Kier molecular flexibility index (Phi) is 7.34. The molecule has 2 N–H and O–H groups in total. The van der Waals surface area contributed by atoms with Gasteiger partial charge in [-0.25, -0.2) is 8.42 Å². The van der Waals surface area contributed by atoms with Crippen LogP contribution in [0.2, 0.25) is 0 Å². The zero-order valence-electron chi connectivity index (χ0n) is 18.5. The summed E-state index contributed by atoms with van der Waals surface area (Å²) in [4.78, 5) is 24.0. The summed E-state index contributed by atoms with van der Waals surface area (Å²) < 4.78 is 33.3. The zero-order chi connectivity index (χ0) is 24.0. The van der Waals surface area contributed by atoms with E-state index in [0.29, 0.717) is 28.4 Å². The zero-order valence-corrected chi connectivity index (χ0v) is 19.3. The number of rotatable bonds is 8. The van der Waals surface area contributed by atoms with Gasteiger partial charge in [0.2, 0.25) is 11.8 Å². The van der Waals surface area contributed by atoms with E-state index in [1.165, 1.54) is 26.2 Å². The summed E-state index contributed by atoms with van der Waals surface area (Å²) >= 11 is 0. The number of para-hydroxylation sites is 1. The van der Waals surface area contributed by atoms with Crippen molar-refractivity contribution in [3.05, 3.63) is 78.4 Å². The molecule has 0 aliphatic carbocycles. The number of amides is 2. The van der Waals surface area contributed by atoms with Crippen LogP contribution in [0.3, 0.4) is 0 Å². The predicted molar refractivity (Wildman–Crippen MR) is 128 cm³/mol. The summed E-state index contributed by atoms with van der Waals surface area (Å²) in [7, 11) is -2.53. The second kappa shape index (κ2) is 10.2. The largest absolute Gasteiger partial charge is 0.496 e. The number of carbonyl (C=O) groups excluding carboxylic acids is 2. The van der Waals surface area contributed by atoms with E-state index in [1.807, 2.05) is 0 Å². The summed E-state index contributed by atoms with van der Waals surface area (Å²) in [5.74, 6) is -0.148. The van der Waals surface area contributed by atoms with Crippen LogP contribution in [0.5, 0.6) is 5.75 Å². The molecule has 0 atom stereocenters. The Balaban J connectivity index is 1.86. The van der Waals surface area contributed by atoms with Crippen LogP contribution in [0.1, 0.15) is 12.5 Å². The molecule has 0 spiro atoms. The molecule has 8 nitrogen and oxygen atoms in total. The fourth-order valence-corrected chi connectivity index (χ4v) is 4.73. The van der Waals surface area contributed by atoms with Gasteiger partial charge in [0.1, 0.15) is 12.3 Å². The van der Waals surface area contributed by atoms with Crippen LogP contribution in [0.15, 0.2) is 77.7 Å². The monoisotopic (exact) mass is 467 g/mol. The van der Waals surface area contributed by atoms with Crippen molar-refractivity contribution in [2.24, 2.45) is 0 Å². The van der Waals surface area contributed by atoms with E-state index in [2.05, 4.69) is 10.6 Å². The van der Waals surface area contributed by atoms with Crippen molar-refractivity contribution in [1.29, 1.82) is 0 Å². The van der Waals surface area contributed by atoms with E-state index >= 15 is 0 Å². The highest BCUT2D eigenvalue weighted by molar-refractivity contribution is 7.92. The van der Waals surface area contributed by atoms with Gasteiger partial charge in [-0.1, -0.05) is 18.2 Å². The number of hydrogen-bond donors (Lipinski definition) is 2. The molecule has 3 rings (SSSR count). The molecule has 3 aromatic rings. The van der Waals surface area contributed by atoms with Crippen LogP contribution >= 0.6 is 0 Å². The van der Waals surface area contributed by atoms with Gasteiger partial charge in [-0.15, -0.1) is 0 Å². The molecule has 0 radical (unpaired) electrons. The van der Waals surface area contributed by atoms with Crippen LogP contribution in [-0.2, 0) is 19.6 Å². The highest BCUT2D eigenvalue weighted by Gasteiger charge is 2.27. The second-order valence-electron chi connectivity index (χ2n) is 7.29. The minimum absolute atomic E-state index is 0.0529. The first-order valence-electron chi connectivity index (χ1n) is 10.1. The van der Waals surface area contributed by atoms with Crippen molar-refractivity contribution < 1.29 is 22.7 Å². The quantitative estimate of drug-likeness (QED) is 0.524. The first-order valence-corrected chi connectivity index (χ1v) is 11.5. The molecular formula is C24H25N3O5S. The van der Waals surface area contributed by atoms with Gasteiger partial charge in [-0.2, -0.15) is 0 Å². The first kappa shape index (κ1) is 23.8. The summed E-state index contributed by atoms with van der Waals surface area (Å²) in [6.45, 7) is 2.73. The molecule has 0 bridgehead atoms. The normalized spacial score (nSPS) is 10.9. The molecule has 0 fully saturated rings. The third kappa shape index (κ3) is 5.89. The number of hydrogen-bond acceptors (Lipinski definition) is 5. The summed E-state index contributed by atoms with van der Waals surface area (Å²) in [5.41, 5.74) is 2.08. The molecular weight excluding hydrogens is 442 g/mol. The SMILES string of the molecule is COc1ccc(S(=O)(=O)N(CC(=O)Nc2ccc(NC(C)=O)cc2)c2ccccc2)cc1C. The molecule has 0 saturated heterocycles. The van der Waals surface area contributed by atoms with Crippen LogP contribution in [0.4, 0.5) is 17.1 Å². The lowest BCUT2D eigenvalue weighted by Crippen LogP contribution is -2.38. The minimum atomic E-state index is -4.04. The molecule has 0 aliphatic heterocycles. The number of carbonyl (C=O) groups is 2. The van der Waals surface area contributed by atoms with Gasteiger partial charge in [0.15, 0.2) is 0 Å². The Morgan fingerprint density at radius 3 is 2.06 bits per heavy atom. The van der Waals surface area contributed by atoms with Gasteiger partial charge in [0, 0.05) is 18.3 Å². The average molecular weight is 468 g/mol. The molecule has 0 heterocycles. The average Bonchev–Trinajstić information content (AvgIpc) is 2.79. The van der Waals surface area contributed by atoms with E-state index < -0.39 is 22.5 Å². The number of sulfonamides is 1. The topological polar surface area (TPSA) is 105 Å². The fraction of sp³-hybridized carbons (Fsp3) is 0.167. The Labute approximate surface area is 193 Å². The summed E-state index contributed by atoms with van der Waals surface area (Å²) in [6.07, 6.45) is 0. The predicted octanol–water partition coefficient (Wildman–Crippen LogP) is 3.80. The molecule has 0 aliphatic rings. The Morgan fingerprint density at radius 2 is 1.52 bits per heavy atom. The van der Waals surface area contributed by atoms with E-state index in [-0.39, 0.29) is 10.8 Å². The van der Waals surface area contributed by atoms with E-state index in [9.17, 15) is 18.0 Å². The van der Waals surface area contributed by atoms with Crippen molar-refractivity contribution >= 4 is 38.9 Å². The lowest BCUT2D eigenvalue weighted by molar-refractivity contribution is -0.115. The van der Waals surface area contributed by atoms with Crippen molar-refractivity contribution in [2.75, 3.05) is 28.6 Å². The molecule has 0 aromatic heterocycles. The van der Waals surface area contributed by atoms with E-state index in [0.717, 1.165) is 4.31 Å². The van der Waals surface area contributed by atoms with Gasteiger partial charge < -0.3 is 15.4 Å².